The van der Waals surface area contributed by atoms with E-state index in [4.69, 9.17) is 14.4 Å². The minimum Gasteiger partial charge on any atom is -0.456 e. The highest BCUT2D eigenvalue weighted by Gasteiger charge is 2.52. The zero-order valence-corrected chi connectivity index (χ0v) is 36.9. The Morgan fingerprint density at radius 3 is 1.46 bits per heavy atom. The molecule has 0 N–H and O–H groups in total. The van der Waals surface area contributed by atoms with Crippen LogP contribution in [0, 0.1) is 0 Å². The Labute approximate surface area is 394 Å². The first kappa shape index (κ1) is 38.4. The molecule has 2 aliphatic rings. The monoisotopic (exact) mass is 864 g/mol. The Hall–Kier alpha value is -8.92. The largest absolute Gasteiger partial charge is 0.456 e. The van der Waals surface area contributed by atoms with Crippen LogP contribution in [0.15, 0.2) is 247 Å². The number of fused-ring (bicyclic) bond motifs is 13. The molecule has 0 amide bonds. The van der Waals surface area contributed by atoms with Crippen LogP contribution in [-0.4, -0.2) is 9.97 Å². The van der Waals surface area contributed by atoms with Gasteiger partial charge >= 0.3 is 0 Å². The van der Waals surface area contributed by atoms with Gasteiger partial charge in [0.05, 0.1) is 16.8 Å². The van der Waals surface area contributed by atoms with Crippen molar-refractivity contribution in [1.29, 1.82) is 0 Å². The molecule has 0 saturated carbocycles. The standard InChI is InChI=1S/C65H40N2O/c1-3-16-41(17-4-1)46-36-47(45-34-35-62-55(39-45)53-23-10-14-29-61(53)68-62)38-48(37-46)60-40-59(66-64(67-60)44-18-5-2-6-19-44)43-32-30-42(31-33-43)49-24-15-25-54-52-22-9-13-28-58(52)65(63(49)54)56-26-11-7-20-50(56)51-21-8-12-27-57(51)65/h1-40H. The van der Waals surface area contributed by atoms with Crippen molar-refractivity contribution < 1.29 is 4.42 Å². The van der Waals surface area contributed by atoms with Crippen molar-refractivity contribution in [2.45, 2.75) is 5.41 Å². The highest BCUT2D eigenvalue weighted by molar-refractivity contribution is 6.06. The zero-order valence-electron chi connectivity index (χ0n) is 36.9. The third-order valence-electron chi connectivity index (χ3n) is 14.3. The summed E-state index contributed by atoms with van der Waals surface area (Å²) in [6.45, 7) is 0. The van der Waals surface area contributed by atoms with E-state index in [-0.39, 0.29) is 0 Å². The fourth-order valence-corrected chi connectivity index (χ4v) is 11.3. The summed E-state index contributed by atoms with van der Waals surface area (Å²) in [6.07, 6.45) is 0. The number of hydrogen-bond acceptors (Lipinski definition) is 3. The average Bonchev–Trinajstić information content (AvgIpc) is 4.05. The van der Waals surface area contributed by atoms with Crippen LogP contribution >= 0.6 is 0 Å². The molecule has 12 aromatic rings. The lowest BCUT2D eigenvalue weighted by Crippen LogP contribution is -2.26. The summed E-state index contributed by atoms with van der Waals surface area (Å²) < 4.78 is 6.24. The van der Waals surface area contributed by atoms with Gasteiger partial charge in [-0.25, -0.2) is 9.97 Å². The van der Waals surface area contributed by atoms with E-state index in [1.807, 2.05) is 30.3 Å². The van der Waals surface area contributed by atoms with Crippen LogP contribution in [0.25, 0.3) is 111 Å². The fourth-order valence-electron chi connectivity index (χ4n) is 11.3. The van der Waals surface area contributed by atoms with Crippen molar-refractivity contribution in [2.24, 2.45) is 0 Å². The maximum absolute atomic E-state index is 6.24. The molecule has 3 heteroatoms. The van der Waals surface area contributed by atoms with E-state index in [9.17, 15) is 0 Å². The highest BCUT2D eigenvalue weighted by Crippen LogP contribution is 2.64. The Morgan fingerprint density at radius 1 is 0.279 bits per heavy atom. The normalized spacial score (nSPS) is 12.8. The molecule has 0 fully saturated rings. The first-order valence-corrected chi connectivity index (χ1v) is 23.3. The zero-order chi connectivity index (χ0) is 44.8. The smallest absolute Gasteiger partial charge is 0.160 e. The quantitative estimate of drug-likeness (QED) is 0.167. The van der Waals surface area contributed by atoms with Gasteiger partial charge in [0.25, 0.3) is 0 Å². The minimum absolute atomic E-state index is 0.439. The lowest BCUT2D eigenvalue weighted by Gasteiger charge is -2.32. The Morgan fingerprint density at radius 2 is 0.765 bits per heavy atom. The molecule has 2 heterocycles. The predicted molar refractivity (Wildman–Crippen MR) is 278 cm³/mol. The second kappa shape index (κ2) is 15.1. The first-order chi connectivity index (χ1) is 33.7. The maximum Gasteiger partial charge on any atom is 0.160 e. The topological polar surface area (TPSA) is 38.9 Å². The highest BCUT2D eigenvalue weighted by atomic mass is 16.3. The Bertz CT molecular complexity index is 3900. The first-order valence-electron chi connectivity index (χ1n) is 23.3. The molecule has 0 saturated heterocycles. The lowest BCUT2D eigenvalue weighted by molar-refractivity contribution is 0.669. The Kier molecular flexibility index (Phi) is 8.50. The van der Waals surface area contributed by atoms with Gasteiger partial charge in [-0.3, -0.25) is 0 Å². The fraction of sp³-hybridized carbons (Fsp3) is 0.0154. The van der Waals surface area contributed by atoms with Gasteiger partial charge in [0.1, 0.15) is 11.2 Å². The van der Waals surface area contributed by atoms with Gasteiger partial charge in [0.15, 0.2) is 5.82 Å². The van der Waals surface area contributed by atoms with Crippen molar-refractivity contribution in [3.8, 4) is 89.5 Å². The average molecular weight is 865 g/mol. The van der Waals surface area contributed by atoms with Crippen LogP contribution in [0.2, 0.25) is 0 Å². The molecule has 3 nitrogen and oxygen atoms in total. The predicted octanol–water partition coefficient (Wildman–Crippen LogP) is 16.7. The summed E-state index contributed by atoms with van der Waals surface area (Å²) in [5.41, 5.74) is 23.5. The third-order valence-corrected chi connectivity index (χ3v) is 14.3. The number of nitrogens with zero attached hydrogens (tertiary/aromatic N) is 2. The van der Waals surface area contributed by atoms with Gasteiger partial charge in [0.2, 0.25) is 0 Å². The number of aromatic nitrogens is 2. The lowest BCUT2D eigenvalue weighted by atomic mass is 9.68. The molecule has 10 aromatic carbocycles. The summed E-state index contributed by atoms with van der Waals surface area (Å²) in [5.74, 6) is 0.680. The van der Waals surface area contributed by atoms with E-state index in [1.54, 1.807) is 0 Å². The summed E-state index contributed by atoms with van der Waals surface area (Å²) in [7, 11) is 0. The molecule has 316 valence electrons. The van der Waals surface area contributed by atoms with E-state index in [0.717, 1.165) is 72.3 Å². The molecular weight excluding hydrogens is 825 g/mol. The molecule has 1 spiro atoms. The van der Waals surface area contributed by atoms with Crippen LogP contribution in [0.4, 0.5) is 0 Å². The van der Waals surface area contributed by atoms with E-state index >= 15 is 0 Å². The number of furan rings is 1. The minimum atomic E-state index is -0.439. The van der Waals surface area contributed by atoms with Crippen molar-refractivity contribution in [2.75, 3.05) is 0 Å². The van der Waals surface area contributed by atoms with E-state index in [0.29, 0.717) is 5.82 Å². The van der Waals surface area contributed by atoms with Gasteiger partial charge < -0.3 is 4.42 Å². The van der Waals surface area contributed by atoms with Gasteiger partial charge in [-0.1, -0.05) is 200 Å². The third kappa shape index (κ3) is 5.79. The van der Waals surface area contributed by atoms with Crippen molar-refractivity contribution in [3.05, 3.63) is 265 Å². The summed E-state index contributed by atoms with van der Waals surface area (Å²) in [5, 5.41) is 2.21. The number of benzene rings is 10. The van der Waals surface area contributed by atoms with Gasteiger partial charge in [-0.05, 0) is 120 Å². The summed E-state index contributed by atoms with van der Waals surface area (Å²) in [4.78, 5) is 10.6. The second-order valence-corrected chi connectivity index (χ2v) is 18.0. The molecule has 0 radical (unpaired) electrons. The summed E-state index contributed by atoms with van der Waals surface area (Å²) in [6, 6.07) is 87.5. The molecule has 0 unspecified atom stereocenters. The summed E-state index contributed by atoms with van der Waals surface area (Å²) >= 11 is 0. The molecule has 2 aliphatic carbocycles. The molecule has 68 heavy (non-hydrogen) atoms. The van der Waals surface area contributed by atoms with Crippen LogP contribution in [-0.2, 0) is 5.41 Å². The molecular formula is C65H40N2O. The van der Waals surface area contributed by atoms with Crippen LogP contribution in [0.5, 0.6) is 0 Å². The number of hydrogen-bond donors (Lipinski definition) is 0. The van der Waals surface area contributed by atoms with E-state index in [1.165, 1.54) is 55.6 Å². The number of para-hydroxylation sites is 1. The van der Waals surface area contributed by atoms with Crippen LogP contribution in [0.3, 0.4) is 0 Å². The van der Waals surface area contributed by atoms with E-state index in [2.05, 4.69) is 212 Å². The van der Waals surface area contributed by atoms with Crippen molar-refractivity contribution in [1.82, 2.24) is 9.97 Å². The van der Waals surface area contributed by atoms with Gasteiger partial charge in [-0.2, -0.15) is 0 Å². The Balaban J connectivity index is 0.924. The van der Waals surface area contributed by atoms with Gasteiger partial charge in [-0.15, -0.1) is 0 Å². The maximum atomic E-state index is 6.24. The molecule has 2 aromatic heterocycles. The van der Waals surface area contributed by atoms with Gasteiger partial charge in [0, 0.05) is 27.5 Å². The van der Waals surface area contributed by atoms with Crippen LogP contribution in [0.1, 0.15) is 22.3 Å². The molecule has 0 bridgehead atoms. The number of rotatable bonds is 6. The molecule has 0 aliphatic heterocycles. The second-order valence-electron chi connectivity index (χ2n) is 18.0. The van der Waals surface area contributed by atoms with Crippen molar-refractivity contribution >= 4 is 21.9 Å². The SMILES string of the molecule is c1ccc(-c2cc(-c3ccc4oc5ccccc5c4c3)cc(-c3cc(-c4ccc(-c5cccc6c5C5(c7ccccc7-c7ccccc75)c5ccccc5-6)cc4)nc(-c4ccccc4)n3)c2)cc1. The van der Waals surface area contributed by atoms with Crippen LogP contribution < -0.4 is 0 Å². The molecule has 0 atom stereocenters. The van der Waals surface area contributed by atoms with Crippen molar-refractivity contribution in [3.63, 3.8) is 0 Å². The van der Waals surface area contributed by atoms with E-state index < -0.39 is 5.41 Å². The molecule has 14 rings (SSSR count).